The molecule has 0 saturated heterocycles. The van der Waals surface area contributed by atoms with Crippen LogP contribution in [0.2, 0.25) is 0 Å². The zero-order valence-corrected chi connectivity index (χ0v) is 12.8. The number of carbonyl (C=O) groups excluding carboxylic acids is 1. The van der Waals surface area contributed by atoms with Gasteiger partial charge < -0.3 is 0 Å². The lowest BCUT2D eigenvalue weighted by molar-refractivity contribution is 0.0956. The molecular weight excluding hydrogens is 284 g/mol. The Bertz CT molecular complexity index is 820. The van der Waals surface area contributed by atoms with Crippen molar-refractivity contribution in [3.05, 3.63) is 83.9 Å². The molecule has 0 aliphatic carbocycles. The van der Waals surface area contributed by atoms with Gasteiger partial charge in [-0.2, -0.15) is 5.10 Å². The van der Waals surface area contributed by atoms with Crippen LogP contribution < -0.4 is 5.43 Å². The highest BCUT2D eigenvalue weighted by Crippen LogP contribution is 2.18. The lowest BCUT2D eigenvalue weighted by Crippen LogP contribution is -2.17. The van der Waals surface area contributed by atoms with Gasteiger partial charge in [0, 0.05) is 11.8 Å². The number of hydrogen-bond donors (Lipinski definition) is 1. The van der Waals surface area contributed by atoms with Gasteiger partial charge in [-0.3, -0.25) is 4.79 Å². The minimum Gasteiger partial charge on any atom is -0.267 e. The van der Waals surface area contributed by atoms with E-state index in [0.717, 1.165) is 23.6 Å². The van der Waals surface area contributed by atoms with E-state index in [1.807, 2.05) is 60.7 Å². The number of aryl methyl sites for hydroxylation is 1. The fourth-order valence-corrected chi connectivity index (χ4v) is 2.53. The van der Waals surface area contributed by atoms with E-state index < -0.39 is 0 Å². The van der Waals surface area contributed by atoms with Crippen LogP contribution in [-0.4, -0.2) is 12.1 Å². The largest absolute Gasteiger partial charge is 0.271 e. The Hall–Kier alpha value is -2.94. The molecule has 0 aliphatic rings. The number of hydrazone groups is 1. The summed E-state index contributed by atoms with van der Waals surface area (Å²) in [6.45, 7) is 0. The first-order valence-electron chi connectivity index (χ1n) is 7.68. The summed E-state index contributed by atoms with van der Waals surface area (Å²) in [7, 11) is 0. The highest BCUT2D eigenvalue weighted by molar-refractivity contribution is 6.07. The molecule has 0 fully saturated rings. The number of amides is 1. The van der Waals surface area contributed by atoms with Crippen LogP contribution in [0.15, 0.2) is 77.9 Å². The van der Waals surface area contributed by atoms with Crippen LogP contribution in [0.3, 0.4) is 0 Å². The molecule has 114 valence electrons. The fraction of sp³-hybridized carbons (Fsp3) is 0.100. The van der Waals surface area contributed by atoms with Gasteiger partial charge in [-0.05, 0) is 35.2 Å². The summed E-state index contributed by atoms with van der Waals surface area (Å²) in [6, 6.07) is 23.8. The quantitative estimate of drug-likeness (QED) is 0.557. The van der Waals surface area contributed by atoms with E-state index in [4.69, 9.17) is 0 Å². The first-order chi connectivity index (χ1) is 11.3. The highest BCUT2D eigenvalue weighted by atomic mass is 16.2. The van der Waals surface area contributed by atoms with Crippen molar-refractivity contribution in [3.8, 4) is 0 Å². The molecule has 3 heteroatoms. The third kappa shape index (κ3) is 3.83. The van der Waals surface area contributed by atoms with Gasteiger partial charge in [0.25, 0.3) is 5.91 Å². The monoisotopic (exact) mass is 302 g/mol. The summed E-state index contributed by atoms with van der Waals surface area (Å²) < 4.78 is 0. The molecule has 3 rings (SSSR count). The van der Waals surface area contributed by atoms with Crippen LogP contribution in [0.4, 0.5) is 0 Å². The Morgan fingerprint density at radius 1 is 0.913 bits per heavy atom. The Labute approximate surface area is 135 Å². The number of hydrogen-bond acceptors (Lipinski definition) is 2. The van der Waals surface area contributed by atoms with E-state index in [1.54, 1.807) is 6.21 Å². The lowest BCUT2D eigenvalue weighted by Gasteiger charge is -2.04. The van der Waals surface area contributed by atoms with E-state index in [1.165, 1.54) is 5.56 Å². The van der Waals surface area contributed by atoms with Crippen molar-refractivity contribution < 1.29 is 4.79 Å². The SMILES string of the molecule is O=C(N/N=C/CCc1ccccc1)c1cccc2ccccc12. The van der Waals surface area contributed by atoms with E-state index in [2.05, 4.69) is 22.7 Å². The van der Waals surface area contributed by atoms with Gasteiger partial charge in [0.1, 0.15) is 0 Å². The predicted octanol–water partition coefficient (Wildman–Crippen LogP) is 4.19. The van der Waals surface area contributed by atoms with Crippen LogP contribution in [0.1, 0.15) is 22.3 Å². The summed E-state index contributed by atoms with van der Waals surface area (Å²) in [6.07, 6.45) is 3.45. The lowest BCUT2D eigenvalue weighted by atomic mass is 10.0. The molecule has 3 aromatic carbocycles. The van der Waals surface area contributed by atoms with Gasteiger partial charge in [-0.15, -0.1) is 0 Å². The second-order valence-electron chi connectivity index (χ2n) is 5.30. The highest BCUT2D eigenvalue weighted by Gasteiger charge is 2.07. The molecule has 0 aromatic heterocycles. The maximum absolute atomic E-state index is 12.3. The van der Waals surface area contributed by atoms with Gasteiger partial charge in [0.05, 0.1) is 0 Å². The molecule has 0 radical (unpaired) electrons. The normalized spacial score (nSPS) is 11.0. The molecule has 23 heavy (non-hydrogen) atoms. The van der Waals surface area contributed by atoms with Crippen molar-refractivity contribution in [2.45, 2.75) is 12.8 Å². The van der Waals surface area contributed by atoms with E-state index >= 15 is 0 Å². The molecule has 0 atom stereocenters. The number of carbonyl (C=O) groups is 1. The molecule has 0 heterocycles. The van der Waals surface area contributed by atoms with Gasteiger partial charge in [-0.25, -0.2) is 5.43 Å². The zero-order valence-electron chi connectivity index (χ0n) is 12.8. The summed E-state index contributed by atoms with van der Waals surface area (Å²) in [4.78, 5) is 12.3. The van der Waals surface area contributed by atoms with Crippen molar-refractivity contribution in [3.63, 3.8) is 0 Å². The molecule has 1 N–H and O–H groups in total. The Morgan fingerprint density at radius 2 is 1.65 bits per heavy atom. The average molecular weight is 302 g/mol. The van der Waals surface area contributed by atoms with Crippen LogP contribution in [0.5, 0.6) is 0 Å². The average Bonchev–Trinajstić information content (AvgIpc) is 2.61. The Kier molecular flexibility index (Phi) is 4.79. The maximum Gasteiger partial charge on any atom is 0.271 e. The third-order valence-corrected chi connectivity index (χ3v) is 3.70. The number of benzene rings is 3. The van der Waals surface area contributed by atoms with Crippen molar-refractivity contribution in [1.29, 1.82) is 0 Å². The summed E-state index contributed by atoms with van der Waals surface area (Å²) in [5.41, 5.74) is 4.51. The van der Waals surface area contributed by atoms with Crippen LogP contribution in [0.25, 0.3) is 10.8 Å². The molecule has 0 spiro atoms. The molecule has 0 bridgehead atoms. The van der Waals surface area contributed by atoms with Crippen LogP contribution in [-0.2, 0) is 6.42 Å². The van der Waals surface area contributed by atoms with Gasteiger partial charge in [-0.1, -0.05) is 66.7 Å². The number of rotatable bonds is 5. The van der Waals surface area contributed by atoms with Crippen molar-refractivity contribution >= 4 is 22.9 Å². The molecule has 0 aliphatic heterocycles. The summed E-state index contributed by atoms with van der Waals surface area (Å²) >= 11 is 0. The second-order valence-corrected chi connectivity index (χ2v) is 5.30. The van der Waals surface area contributed by atoms with Crippen molar-refractivity contribution in [2.24, 2.45) is 5.10 Å². The number of nitrogens with one attached hydrogen (secondary N) is 1. The molecule has 0 saturated carbocycles. The molecular formula is C20H18N2O. The first kappa shape index (κ1) is 15.0. The van der Waals surface area contributed by atoms with Crippen molar-refractivity contribution in [2.75, 3.05) is 0 Å². The third-order valence-electron chi connectivity index (χ3n) is 3.70. The van der Waals surface area contributed by atoms with Crippen LogP contribution >= 0.6 is 0 Å². The summed E-state index contributed by atoms with van der Waals surface area (Å²) in [5.74, 6) is -0.183. The van der Waals surface area contributed by atoms with Gasteiger partial charge in [0.15, 0.2) is 0 Å². The van der Waals surface area contributed by atoms with Gasteiger partial charge in [0.2, 0.25) is 0 Å². The Balaban J connectivity index is 1.59. The first-order valence-corrected chi connectivity index (χ1v) is 7.68. The van der Waals surface area contributed by atoms with E-state index in [0.29, 0.717) is 5.56 Å². The molecule has 0 unspecified atom stereocenters. The minimum absolute atomic E-state index is 0.183. The number of nitrogens with zero attached hydrogens (tertiary/aromatic N) is 1. The van der Waals surface area contributed by atoms with Crippen molar-refractivity contribution in [1.82, 2.24) is 5.43 Å². The molecule has 3 aromatic rings. The second kappa shape index (κ2) is 7.36. The number of fused-ring (bicyclic) bond motifs is 1. The molecule has 1 amide bonds. The summed E-state index contributed by atoms with van der Waals surface area (Å²) in [5, 5.41) is 6.03. The fourth-order valence-electron chi connectivity index (χ4n) is 2.53. The predicted molar refractivity (Wildman–Crippen MR) is 94.7 cm³/mol. The molecule has 3 nitrogen and oxygen atoms in total. The maximum atomic E-state index is 12.3. The Morgan fingerprint density at radius 3 is 2.52 bits per heavy atom. The standard InChI is InChI=1S/C20H18N2O/c23-20(19-14-6-12-17-11-4-5-13-18(17)19)22-21-15-7-10-16-8-2-1-3-9-16/h1-6,8-9,11-15H,7,10H2,(H,22,23)/b21-15+. The van der Waals surface area contributed by atoms with Crippen LogP contribution in [0, 0.1) is 0 Å². The van der Waals surface area contributed by atoms with Gasteiger partial charge >= 0.3 is 0 Å². The van der Waals surface area contributed by atoms with E-state index in [9.17, 15) is 4.79 Å². The smallest absolute Gasteiger partial charge is 0.267 e. The van der Waals surface area contributed by atoms with E-state index in [-0.39, 0.29) is 5.91 Å². The zero-order chi connectivity index (χ0) is 15.9. The topological polar surface area (TPSA) is 41.5 Å². The minimum atomic E-state index is -0.183.